The summed E-state index contributed by atoms with van der Waals surface area (Å²) in [5.74, 6) is -2.51. The number of hydrogen-bond acceptors (Lipinski definition) is 1. The van der Waals surface area contributed by atoms with Gasteiger partial charge in [-0.1, -0.05) is 0 Å². The van der Waals surface area contributed by atoms with Crippen molar-refractivity contribution < 1.29 is 31.1 Å². The Kier molecular flexibility index (Phi) is 3.13. The van der Waals surface area contributed by atoms with Crippen LogP contribution in [0.4, 0.5) is 26.3 Å². The van der Waals surface area contributed by atoms with Crippen molar-refractivity contribution in [2.45, 2.75) is 19.3 Å². The van der Waals surface area contributed by atoms with Crippen LogP contribution < -0.4 is 0 Å². The second kappa shape index (κ2) is 3.39. The predicted octanol–water partition coefficient (Wildman–Crippen LogP) is 2.63. The van der Waals surface area contributed by atoms with Crippen LogP contribution in [0, 0.1) is 0 Å². The van der Waals surface area contributed by atoms with Crippen molar-refractivity contribution in [1.29, 1.82) is 0 Å². The van der Waals surface area contributed by atoms with Gasteiger partial charge in [0.15, 0.2) is 0 Å². The van der Waals surface area contributed by atoms with Crippen molar-refractivity contribution in [2.24, 2.45) is 0 Å². The van der Waals surface area contributed by atoms with Crippen molar-refractivity contribution in [2.75, 3.05) is 0 Å². The van der Waals surface area contributed by atoms with Gasteiger partial charge in [0.25, 0.3) is 5.78 Å². The Bertz CT molecular complexity index is 232. The number of hydrogen-bond donors (Lipinski definition) is 0. The highest BCUT2D eigenvalue weighted by Gasteiger charge is 2.39. The van der Waals surface area contributed by atoms with Crippen molar-refractivity contribution in [1.82, 2.24) is 0 Å². The van der Waals surface area contributed by atoms with E-state index in [1.54, 1.807) is 0 Å². The first-order valence-electron chi connectivity index (χ1n) is 2.92. The zero-order valence-electron chi connectivity index (χ0n) is 6.25. The fourth-order valence-corrected chi connectivity index (χ4v) is 0.360. The van der Waals surface area contributed by atoms with Crippen LogP contribution in [0.25, 0.3) is 0 Å². The minimum Gasteiger partial charge on any atom is -0.285 e. The van der Waals surface area contributed by atoms with E-state index in [4.69, 9.17) is 0 Å². The monoisotopic (exact) mass is 206 g/mol. The van der Waals surface area contributed by atoms with E-state index in [1.165, 1.54) is 0 Å². The summed E-state index contributed by atoms with van der Waals surface area (Å²) in [4.78, 5) is 10.0. The molecule has 0 aromatic carbocycles. The predicted molar refractivity (Wildman–Crippen MR) is 30.9 cm³/mol. The van der Waals surface area contributed by atoms with Crippen LogP contribution in [0.1, 0.15) is 6.92 Å². The molecule has 1 nitrogen and oxygen atoms in total. The smallest absolute Gasteiger partial charge is 0.285 e. The molecule has 0 atom stereocenters. The van der Waals surface area contributed by atoms with E-state index >= 15 is 0 Å². The molecule has 0 amide bonds. The lowest BCUT2D eigenvalue weighted by molar-refractivity contribution is -0.165. The van der Waals surface area contributed by atoms with Crippen molar-refractivity contribution in [3.63, 3.8) is 0 Å². The molecule has 76 valence electrons. The zero-order valence-corrected chi connectivity index (χ0v) is 6.25. The molecular formula is C6H4F6O. The maximum absolute atomic E-state index is 11.6. The van der Waals surface area contributed by atoms with Gasteiger partial charge < -0.3 is 0 Å². The third kappa shape index (κ3) is 3.95. The molecule has 13 heavy (non-hydrogen) atoms. The minimum absolute atomic E-state index is 0.393. The third-order valence-corrected chi connectivity index (χ3v) is 1.07. The van der Waals surface area contributed by atoms with Crippen LogP contribution in [-0.4, -0.2) is 18.1 Å². The standard InChI is InChI=1S/C6H4F6O/c1-3(5(7,8)9)2-4(13)6(10,11)12/h2H,1H3. The molecule has 0 aliphatic rings. The van der Waals surface area contributed by atoms with Gasteiger partial charge in [0, 0.05) is 5.57 Å². The van der Waals surface area contributed by atoms with Gasteiger partial charge in [-0.25, -0.2) is 0 Å². The van der Waals surface area contributed by atoms with Crippen molar-refractivity contribution in [3.8, 4) is 0 Å². The molecule has 0 bridgehead atoms. The molecule has 0 aromatic rings. The molecule has 0 spiro atoms. The summed E-state index contributed by atoms with van der Waals surface area (Å²) in [6, 6.07) is 0. The SMILES string of the molecule is CC(=CC(=O)C(F)(F)F)C(F)(F)F. The number of ketones is 1. The Morgan fingerprint density at radius 1 is 1.00 bits per heavy atom. The van der Waals surface area contributed by atoms with Gasteiger partial charge in [0.2, 0.25) is 0 Å². The van der Waals surface area contributed by atoms with Gasteiger partial charge in [-0.3, -0.25) is 4.79 Å². The molecule has 0 aliphatic heterocycles. The molecule has 0 saturated carbocycles. The normalized spacial score (nSPS) is 14.5. The van der Waals surface area contributed by atoms with Crippen molar-refractivity contribution >= 4 is 5.78 Å². The molecule has 0 saturated heterocycles. The van der Waals surface area contributed by atoms with E-state index in [-0.39, 0.29) is 0 Å². The Hall–Kier alpha value is -1.01. The Labute approximate surface area is 69.0 Å². The van der Waals surface area contributed by atoms with Gasteiger partial charge in [0.05, 0.1) is 0 Å². The first-order valence-corrected chi connectivity index (χ1v) is 2.92. The van der Waals surface area contributed by atoms with Crippen LogP contribution in [0.5, 0.6) is 0 Å². The summed E-state index contributed by atoms with van der Waals surface area (Å²) in [6.45, 7) is 0.393. The van der Waals surface area contributed by atoms with Crippen molar-refractivity contribution in [3.05, 3.63) is 11.6 Å². The highest BCUT2D eigenvalue weighted by atomic mass is 19.4. The largest absolute Gasteiger partial charge is 0.454 e. The summed E-state index contributed by atoms with van der Waals surface area (Å²) in [6.07, 6.45) is -10.6. The van der Waals surface area contributed by atoms with Gasteiger partial charge in [0.1, 0.15) is 0 Å². The average Bonchev–Trinajstić information content (AvgIpc) is 1.82. The molecule has 0 aromatic heterocycles. The first kappa shape index (κ1) is 12.0. The van der Waals surface area contributed by atoms with Gasteiger partial charge in [-0.05, 0) is 13.0 Å². The van der Waals surface area contributed by atoms with Crippen LogP contribution in [0.15, 0.2) is 11.6 Å². The molecule has 0 radical (unpaired) electrons. The molecule has 0 rings (SSSR count). The molecule has 0 fully saturated rings. The lowest BCUT2D eigenvalue weighted by atomic mass is 10.2. The molecule has 0 heterocycles. The fourth-order valence-electron chi connectivity index (χ4n) is 0.360. The fraction of sp³-hybridized carbons (Fsp3) is 0.500. The molecule has 7 heteroatoms. The first-order chi connectivity index (χ1) is 5.55. The summed E-state index contributed by atoms with van der Waals surface area (Å²) in [7, 11) is 0. The highest BCUT2D eigenvalue weighted by Crippen LogP contribution is 2.26. The number of allylic oxidation sites excluding steroid dienone is 2. The molecular weight excluding hydrogens is 202 g/mol. The summed E-state index contributed by atoms with van der Waals surface area (Å²) in [5.41, 5.74) is -1.57. The van der Waals surface area contributed by atoms with E-state index in [0.29, 0.717) is 6.92 Å². The number of rotatable bonds is 1. The van der Waals surface area contributed by atoms with Crippen LogP contribution in [-0.2, 0) is 4.79 Å². The summed E-state index contributed by atoms with van der Waals surface area (Å²) < 4.78 is 69.1. The Balaban J connectivity index is 4.70. The average molecular weight is 206 g/mol. The van der Waals surface area contributed by atoms with Crippen LogP contribution in [0.2, 0.25) is 0 Å². The number of alkyl halides is 6. The molecule has 0 aliphatic carbocycles. The van der Waals surface area contributed by atoms with Gasteiger partial charge in [-0.2, -0.15) is 26.3 Å². The number of halogens is 6. The molecule has 0 unspecified atom stereocenters. The Morgan fingerprint density at radius 2 is 1.38 bits per heavy atom. The van der Waals surface area contributed by atoms with E-state index in [2.05, 4.69) is 0 Å². The second-order valence-corrected chi connectivity index (χ2v) is 2.19. The highest BCUT2D eigenvalue weighted by molar-refractivity contribution is 5.95. The summed E-state index contributed by atoms with van der Waals surface area (Å²) in [5, 5.41) is 0. The number of carbonyl (C=O) groups excluding carboxylic acids is 1. The van der Waals surface area contributed by atoms with Gasteiger partial charge >= 0.3 is 12.4 Å². The van der Waals surface area contributed by atoms with Gasteiger partial charge in [-0.15, -0.1) is 0 Å². The quantitative estimate of drug-likeness (QED) is 0.476. The maximum Gasteiger partial charge on any atom is 0.454 e. The number of carbonyl (C=O) groups is 1. The maximum atomic E-state index is 11.6. The zero-order chi connectivity index (χ0) is 10.9. The Morgan fingerprint density at radius 3 is 1.62 bits per heavy atom. The lowest BCUT2D eigenvalue weighted by Crippen LogP contribution is -2.22. The third-order valence-electron chi connectivity index (χ3n) is 1.07. The second-order valence-electron chi connectivity index (χ2n) is 2.19. The summed E-state index contributed by atoms with van der Waals surface area (Å²) >= 11 is 0. The van der Waals surface area contributed by atoms with Crippen LogP contribution >= 0.6 is 0 Å². The van der Waals surface area contributed by atoms with E-state index in [0.717, 1.165) is 0 Å². The van der Waals surface area contributed by atoms with E-state index in [1.807, 2.05) is 0 Å². The lowest BCUT2D eigenvalue weighted by Gasteiger charge is -2.06. The van der Waals surface area contributed by atoms with E-state index in [9.17, 15) is 31.1 Å². The van der Waals surface area contributed by atoms with Crippen LogP contribution in [0.3, 0.4) is 0 Å². The molecule has 0 N–H and O–H groups in total. The topological polar surface area (TPSA) is 17.1 Å². The minimum atomic E-state index is -5.26. The van der Waals surface area contributed by atoms with E-state index < -0.39 is 29.8 Å².